The van der Waals surface area contributed by atoms with Crippen LogP contribution in [0.25, 0.3) is 0 Å². The van der Waals surface area contributed by atoms with Crippen molar-refractivity contribution in [2.45, 2.75) is 0 Å². The van der Waals surface area contributed by atoms with Crippen molar-refractivity contribution < 1.29 is 14.7 Å². The molecule has 0 saturated heterocycles. The van der Waals surface area contributed by atoms with Gasteiger partial charge >= 0.3 is 11.8 Å². The minimum absolute atomic E-state index is 0.0256. The zero-order valence-electron chi connectivity index (χ0n) is 12.2. The quantitative estimate of drug-likeness (QED) is 0.396. The molecule has 0 aliphatic heterocycles. The van der Waals surface area contributed by atoms with Gasteiger partial charge in [0.15, 0.2) is 0 Å². The third-order valence-electron chi connectivity index (χ3n) is 2.81. The molecule has 0 aromatic heterocycles. The number of carbonyl (C=O) groups excluding carboxylic acids is 2. The molecule has 25 heavy (non-hydrogen) atoms. The van der Waals surface area contributed by atoms with Crippen molar-refractivity contribution in [2.75, 3.05) is 5.32 Å². The van der Waals surface area contributed by atoms with E-state index in [1.807, 2.05) is 5.43 Å². The summed E-state index contributed by atoms with van der Waals surface area (Å²) in [4.78, 5) is 23.5. The molecule has 0 spiro atoms. The Morgan fingerprint density at radius 1 is 0.960 bits per heavy atom. The van der Waals surface area contributed by atoms with Gasteiger partial charge in [0.25, 0.3) is 0 Å². The zero-order valence-corrected chi connectivity index (χ0v) is 15.2. The number of phenols is 1. The Morgan fingerprint density at radius 3 is 2.36 bits per heavy atom. The summed E-state index contributed by atoms with van der Waals surface area (Å²) in [5, 5.41) is 16.5. The van der Waals surface area contributed by atoms with Crippen molar-refractivity contribution in [3.63, 3.8) is 0 Å². The molecule has 2 rings (SSSR count). The second-order valence-electron chi connectivity index (χ2n) is 4.61. The van der Waals surface area contributed by atoms with Gasteiger partial charge in [-0.25, -0.2) is 5.43 Å². The summed E-state index contributed by atoms with van der Waals surface area (Å²) >= 11 is 23.1. The monoisotopic (exact) mass is 419 g/mol. The van der Waals surface area contributed by atoms with Crippen LogP contribution in [-0.4, -0.2) is 23.1 Å². The maximum atomic E-state index is 11.8. The minimum Gasteiger partial charge on any atom is -0.506 e. The molecule has 10 heteroatoms. The lowest BCUT2D eigenvalue weighted by atomic mass is 10.2. The van der Waals surface area contributed by atoms with E-state index in [-0.39, 0.29) is 32.1 Å². The van der Waals surface area contributed by atoms with E-state index in [1.165, 1.54) is 30.3 Å². The molecule has 0 atom stereocenters. The molecular weight excluding hydrogens is 412 g/mol. The highest BCUT2D eigenvalue weighted by atomic mass is 35.5. The number of hydrazone groups is 1. The lowest BCUT2D eigenvalue weighted by Crippen LogP contribution is -2.32. The molecule has 2 aromatic rings. The van der Waals surface area contributed by atoms with Crippen LogP contribution < -0.4 is 10.7 Å². The first-order chi connectivity index (χ1) is 11.8. The van der Waals surface area contributed by atoms with Crippen molar-refractivity contribution in [2.24, 2.45) is 5.10 Å². The predicted octanol–water partition coefficient (Wildman–Crippen LogP) is 4.09. The van der Waals surface area contributed by atoms with Crippen LogP contribution in [0.3, 0.4) is 0 Å². The van der Waals surface area contributed by atoms with Gasteiger partial charge in [0, 0.05) is 16.3 Å². The topological polar surface area (TPSA) is 90.8 Å². The Balaban J connectivity index is 1.99. The van der Waals surface area contributed by atoms with E-state index < -0.39 is 11.8 Å². The fourth-order valence-corrected chi connectivity index (χ4v) is 2.46. The molecule has 130 valence electrons. The number of rotatable bonds is 3. The molecule has 0 aliphatic rings. The van der Waals surface area contributed by atoms with E-state index in [0.717, 1.165) is 6.21 Å². The van der Waals surface area contributed by atoms with E-state index in [1.54, 1.807) is 0 Å². The van der Waals surface area contributed by atoms with E-state index in [2.05, 4.69) is 10.4 Å². The predicted molar refractivity (Wildman–Crippen MR) is 99.0 cm³/mol. The number of carbonyl (C=O) groups is 2. The third kappa shape index (κ3) is 5.24. The van der Waals surface area contributed by atoms with Crippen LogP contribution in [0.4, 0.5) is 5.69 Å². The van der Waals surface area contributed by atoms with Gasteiger partial charge in [-0.15, -0.1) is 0 Å². The summed E-state index contributed by atoms with van der Waals surface area (Å²) in [6, 6.07) is 7.08. The van der Waals surface area contributed by atoms with Crippen LogP contribution >= 0.6 is 46.4 Å². The summed E-state index contributed by atoms with van der Waals surface area (Å²) in [6.45, 7) is 0. The fraction of sp³-hybridized carbons (Fsp3) is 0. The molecule has 0 bridgehead atoms. The Labute approximate surface area is 162 Å². The van der Waals surface area contributed by atoms with Crippen molar-refractivity contribution in [1.82, 2.24) is 5.43 Å². The Hall–Kier alpha value is -1.99. The number of hydrogen-bond acceptors (Lipinski definition) is 4. The normalized spacial score (nSPS) is 10.7. The minimum atomic E-state index is -1.03. The van der Waals surface area contributed by atoms with Gasteiger partial charge in [0.05, 0.1) is 21.3 Å². The summed E-state index contributed by atoms with van der Waals surface area (Å²) in [5.41, 5.74) is 2.46. The van der Waals surface area contributed by atoms with Crippen LogP contribution in [0.2, 0.25) is 20.1 Å². The molecule has 2 aromatic carbocycles. The first-order valence-corrected chi connectivity index (χ1v) is 8.06. The van der Waals surface area contributed by atoms with Gasteiger partial charge in [-0.2, -0.15) is 5.10 Å². The van der Waals surface area contributed by atoms with Crippen LogP contribution in [0.1, 0.15) is 5.56 Å². The van der Waals surface area contributed by atoms with E-state index >= 15 is 0 Å². The summed E-state index contributed by atoms with van der Waals surface area (Å²) in [5.74, 6) is -2.26. The van der Waals surface area contributed by atoms with Gasteiger partial charge in [-0.3, -0.25) is 9.59 Å². The highest BCUT2D eigenvalue weighted by Gasteiger charge is 2.14. The third-order valence-corrected chi connectivity index (χ3v) is 4.06. The SMILES string of the molecule is O=C(NN=Cc1cc(Cl)cc(Cl)c1O)C(=O)Nc1ccc(Cl)c(Cl)c1. The highest BCUT2D eigenvalue weighted by molar-refractivity contribution is 6.43. The van der Waals surface area contributed by atoms with Gasteiger partial charge < -0.3 is 10.4 Å². The summed E-state index contributed by atoms with van der Waals surface area (Å²) in [7, 11) is 0. The second-order valence-corrected chi connectivity index (χ2v) is 6.27. The number of nitrogens with one attached hydrogen (secondary N) is 2. The number of hydrogen-bond donors (Lipinski definition) is 3. The smallest absolute Gasteiger partial charge is 0.329 e. The lowest BCUT2D eigenvalue weighted by Gasteiger charge is -2.05. The molecular formula is C15H9Cl4N3O3. The average molecular weight is 421 g/mol. The Bertz CT molecular complexity index is 871. The molecule has 0 aliphatic carbocycles. The van der Waals surface area contributed by atoms with Gasteiger partial charge in [0.2, 0.25) is 0 Å². The second kappa shape index (κ2) is 8.40. The fourth-order valence-electron chi connectivity index (χ4n) is 1.66. The summed E-state index contributed by atoms with van der Waals surface area (Å²) < 4.78 is 0. The summed E-state index contributed by atoms with van der Waals surface area (Å²) in [6.07, 6.45) is 1.09. The van der Waals surface area contributed by atoms with Crippen LogP contribution in [0.5, 0.6) is 5.75 Å². The van der Waals surface area contributed by atoms with Crippen molar-refractivity contribution in [1.29, 1.82) is 0 Å². The number of anilines is 1. The first-order valence-electron chi connectivity index (χ1n) is 6.55. The Morgan fingerprint density at radius 2 is 1.68 bits per heavy atom. The standard InChI is InChI=1S/C15H9Cl4N3O3/c16-8-3-7(13(23)12(19)4-8)6-20-22-15(25)14(24)21-9-1-2-10(17)11(18)5-9/h1-6,23H,(H,21,24)(H,22,25). The van der Waals surface area contributed by atoms with Crippen molar-refractivity contribution in [3.8, 4) is 5.75 Å². The maximum Gasteiger partial charge on any atom is 0.329 e. The number of aromatic hydroxyl groups is 1. The van der Waals surface area contributed by atoms with Crippen LogP contribution in [0.15, 0.2) is 35.4 Å². The van der Waals surface area contributed by atoms with E-state index in [0.29, 0.717) is 5.02 Å². The number of benzene rings is 2. The molecule has 0 radical (unpaired) electrons. The molecule has 3 N–H and O–H groups in total. The molecule has 0 fully saturated rings. The maximum absolute atomic E-state index is 11.8. The van der Waals surface area contributed by atoms with E-state index in [4.69, 9.17) is 46.4 Å². The van der Waals surface area contributed by atoms with Crippen LogP contribution in [0, 0.1) is 0 Å². The lowest BCUT2D eigenvalue weighted by molar-refractivity contribution is -0.136. The molecule has 0 saturated carbocycles. The average Bonchev–Trinajstić information content (AvgIpc) is 2.55. The number of halogens is 4. The number of phenolic OH excluding ortho intramolecular Hbond substituents is 1. The number of nitrogens with zero attached hydrogens (tertiary/aromatic N) is 1. The van der Waals surface area contributed by atoms with Gasteiger partial charge in [0.1, 0.15) is 5.75 Å². The van der Waals surface area contributed by atoms with Crippen LogP contribution in [-0.2, 0) is 9.59 Å². The molecule has 0 heterocycles. The molecule has 0 unspecified atom stereocenters. The van der Waals surface area contributed by atoms with Crippen molar-refractivity contribution in [3.05, 3.63) is 56.0 Å². The zero-order chi connectivity index (χ0) is 18.6. The Kier molecular flexibility index (Phi) is 6.50. The molecule has 2 amide bonds. The number of amides is 2. The van der Waals surface area contributed by atoms with Gasteiger partial charge in [-0.1, -0.05) is 46.4 Å². The molecule has 6 nitrogen and oxygen atoms in total. The largest absolute Gasteiger partial charge is 0.506 e. The van der Waals surface area contributed by atoms with Gasteiger partial charge in [-0.05, 0) is 30.3 Å². The van der Waals surface area contributed by atoms with Crippen molar-refractivity contribution >= 4 is 70.1 Å². The highest BCUT2D eigenvalue weighted by Crippen LogP contribution is 2.30. The van der Waals surface area contributed by atoms with E-state index in [9.17, 15) is 14.7 Å². The first kappa shape index (κ1) is 19.3.